The van der Waals surface area contributed by atoms with Crippen molar-refractivity contribution >= 4 is 29.0 Å². The van der Waals surface area contributed by atoms with E-state index in [1.807, 2.05) is 0 Å². The molecule has 28 heavy (non-hydrogen) atoms. The quantitative estimate of drug-likeness (QED) is 0.139. The Morgan fingerprint density at radius 3 is 1.93 bits per heavy atom. The second-order valence-electron chi connectivity index (χ2n) is 7.37. The van der Waals surface area contributed by atoms with Crippen LogP contribution in [0.4, 0.5) is 5.69 Å². The van der Waals surface area contributed by atoms with E-state index in [0.29, 0.717) is 6.42 Å². The van der Waals surface area contributed by atoms with Gasteiger partial charge in [-0.05, 0) is 19.4 Å². The number of benzene rings is 1. The van der Waals surface area contributed by atoms with Crippen LogP contribution in [-0.4, -0.2) is 21.9 Å². The molecule has 0 atom stereocenters. The summed E-state index contributed by atoms with van der Waals surface area (Å²) in [7, 11) is 0. The second kappa shape index (κ2) is 13.4. The molecule has 0 heterocycles. The summed E-state index contributed by atoms with van der Waals surface area (Å²) in [4.78, 5) is 23.5. The molecule has 0 aromatic heterocycles. The number of rotatable bonds is 14. The van der Waals surface area contributed by atoms with Gasteiger partial charge in [0.25, 0.3) is 0 Å². The van der Waals surface area contributed by atoms with Crippen molar-refractivity contribution in [1.82, 2.24) is 0 Å². The van der Waals surface area contributed by atoms with Gasteiger partial charge in [-0.15, -0.1) is 0 Å². The van der Waals surface area contributed by atoms with E-state index in [4.69, 9.17) is 11.6 Å². The first-order chi connectivity index (χ1) is 13.4. The van der Waals surface area contributed by atoms with Crippen LogP contribution in [0.25, 0.3) is 0 Å². The molecule has 158 valence electrons. The molecule has 1 aromatic rings. The van der Waals surface area contributed by atoms with Gasteiger partial charge in [-0.2, -0.15) is 0 Å². The predicted molar refractivity (Wildman–Crippen MR) is 114 cm³/mol. The molecule has 1 aromatic carbocycles. The van der Waals surface area contributed by atoms with Crippen LogP contribution in [0.3, 0.4) is 0 Å². The molecule has 0 saturated heterocycles. The Hall–Kier alpha value is -1.75. The zero-order chi connectivity index (χ0) is 20.9. The summed E-state index contributed by atoms with van der Waals surface area (Å²) in [5.74, 6) is -1.46. The number of carbonyl (C=O) groups is 2. The lowest BCUT2D eigenvalue weighted by Gasteiger charge is -2.12. The highest BCUT2D eigenvalue weighted by atomic mass is 35.5. The van der Waals surface area contributed by atoms with Crippen LogP contribution in [0.15, 0.2) is 6.07 Å². The topological polar surface area (TPSA) is 86.6 Å². The number of amides is 1. The van der Waals surface area contributed by atoms with Crippen LogP contribution >= 0.6 is 11.6 Å². The van der Waals surface area contributed by atoms with Gasteiger partial charge in [-0.3, -0.25) is 9.59 Å². The van der Waals surface area contributed by atoms with Crippen LogP contribution in [-0.2, 0) is 4.79 Å². The summed E-state index contributed by atoms with van der Waals surface area (Å²) in [5.41, 5.74) is -0.136. The van der Waals surface area contributed by atoms with Gasteiger partial charge in [0.2, 0.25) is 5.91 Å². The van der Waals surface area contributed by atoms with Crippen molar-refractivity contribution in [3.05, 3.63) is 16.7 Å². The van der Waals surface area contributed by atoms with Gasteiger partial charge in [0.15, 0.2) is 5.78 Å². The minimum atomic E-state index is -0.433. The van der Waals surface area contributed by atoms with Gasteiger partial charge in [-0.25, -0.2) is 0 Å². The maximum Gasteiger partial charge on any atom is 0.224 e. The largest absolute Gasteiger partial charge is 0.506 e. The molecular weight excluding hydrogens is 378 g/mol. The van der Waals surface area contributed by atoms with Crippen molar-refractivity contribution < 1.29 is 19.8 Å². The Kier molecular flexibility index (Phi) is 11.7. The standard InChI is InChI=1S/C22H34ClNO4/c1-3-4-5-6-7-8-9-10-11-12-13-14-19(27)24-21-18(26)15-17(16(2)25)22(28)20(21)23/h15,26,28H,3-14H2,1-2H3,(H,24,27). The molecule has 0 spiro atoms. The van der Waals surface area contributed by atoms with Crippen LogP contribution in [0, 0.1) is 0 Å². The average molecular weight is 412 g/mol. The summed E-state index contributed by atoms with van der Waals surface area (Å²) in [5, 5.41) is 22.2. The number of ketones is 1. The Morgan fingerprint density at radius 1 is 0.929 bits per heavy atom. The Labute approximate surface area is 173 Å². The Morgan fingerprint density at radius 2 is 1.43 bits per heavy atom. The summed E-state index contributed by atoms with van der Waals surface area (Å²) in [6.45, 7) is 3.49. The fourth-order valence-corrected chi connectivity index (χ4v) is 3.41. The van der Waals surface area contributed by atoms with Crippen molar-refractivity contribution in [1.29, 1.82) is 0 Å². The zero-order valence-corrected chi connectivity index (χ0v) is 17.9. The van der Waals surface area contributed by atoms with Gasteiger partial charge >= 0.3 is 0 Å². The third-order valence-corrected chi connectivity index (χ3v) is 5.24. The van der Waals surface area contributed by atoms with E-state index in [-0.39, 0.29) is 27.9 Å². The van der Waals surface area contributed by atoms with E-state index in [1.165, 1.54) is 58.3 Å². The van der Waals surface area contributed by atoms with Gasteiger partial charge < -0.3 is 15.5 Å². The third kappa shape index (κ3) is 8.51. The van der Waals surface area contributed by atoms with Crippen LogP contribution in [0.1, 0.15) is 101 Å². The molecule has 0 unspecified atom stereocenters. The highest BCUT2D eigenvalue weighted by Gasteiger charge is 2.19. The number of hydrogen-bond donors (Lipinski definition) is 3. The van der Waals surface area contributed by atoms with E-state index in [9.17, 15) is 19.8 Å². The van der Waals surface area contributed by atoms with Crippen LogP contribution in [0.2, 0.25) is 5.02 Å². The summed E-state index contributed by atoms with van der Waals surface area (Å²) >= 11 is 5.99. The van der Waals surface area contributed by atoms with E-state index in [0.717, 1.165) is 25.3 Å². The van der Waals surface area contributed by atoms with Crippen molar-refractivity contribution in [2.24, 2.45) is 0 Å². The highest BCUT2D eigenvalue weighted by molar-refractivity contribution is 6.36. The summed E-state index contributed by atoms with van der Waals surface area (Å²) in [6.07, 6.45) is 13.6. The number of nitrogens with one attached hydrogen (secondary N) is 1. The number of hydrogen-bond acceptors (Lipinski definition) is 4. The normalized spacial score (nSPS) is 10.8. The third-order valence-electron chi connectivity index (χ3n) is 4.87. The molecule has 1 amide bonds. The Balaban J connectivity index is 2.26. The van der Waals surface area contributed by atoms with Crippen molar-refractivity contribution in [3.8, 4) is 11.5 Å². The highest BCUT2D eigenvalue weighted by Crippen LogP contribution is 2.41. The van der Waals surface area contributed by atoms with Gasteiger partial charge in [0.1, 0.15) is 22.2 Å². The molecule has 1 rings (SSSR count). The van der Waals surface area contributed by atoms with Crippen molar-refractivity contribution in [2.75, 3.05) is 5.32 Å². The molecule has 3 N–H and O–H groups in total. The minimum Gasteiger partial charge on any atom is -0.506 e. The fourth-order valence-electron chi connectivity index (χ4n) is 3.17. The molecule has 0 radical (unpaired) electrons. The predicted octanol–water partition coefficient (Wildman–Crippen LogP) is 6.59. The molecule has 0 saturated carbocycles. The number of anilines is 1. The lowest BCUT2D eigenvalue weighted by atomic mass is 10.1. The average Bonchev–Trinajstić information content (AvgIpc) is 2.65. The lowest BCUT2D eigenvalue weighted by molar-refractivity contribution is -0.116. The maximum absolute atomic E-state index is 12.1. The number of aromatic hydroxyl groups is 2. The van der Waals surface area contributed by atoms with Crippen LogP contribution < -0.4 is 5.32 Å². The molecule has 0 aliphatic carbocycles. The number of phenolic OH excluding ortho intramolecular Hbond substituents is 2. The SMILES string of the molecule is CCCCCCCCCCCCCC(=O)Nc1c(O)cc(C(C)=O)c(O)c1Cl. The lowest BCUT2D eigenvalue weighted by Crippen LogP contribution is -2.12. The number of carbonyl (C=O) groups excluding carboxylic acids is 2. The molecular formula is C22H34ClNO4. The molecule has 0 aliphatic rings. The summed E-state index contributed by atoms with van der Waals surface area (Å²) in [6, 6.07) is 1.11. The first-order valence-electron chi connectivity index (χ1n) is 10.4. The Bertz CT molecular complexity index is 646. The van der Waals surface area contributed by atoms with Crippen molar-refractivity contribution in [3.63, 3.8) is 0 Å². The smallest absolute Gasteiger partial charge is 0.224 e. The minimum absolute atomic E-state index is 0.0581. The molecule has 0 fully saturated rings. The van der Waals surface area contributed by atoms with Gasteiger partial charge in [0.05, 0.1) is 5.56 Å². The van der Waals surface area contributed by atoms with E-state index in [2.05, 4.69) is 12.2 Å². The second-order valence-corrected chi connectivity index (χ2v) is 7.75. The number of unbranched alkanes of at least 4 members (excludes halogenated alkanes) is 10. The monoisotopic (exact) mass is 411 g/mol. The zero-order valence-electron chi connectivity index (χ0n) is 17.2. The number of phenols is 2. The molecule has 0 aliphatic heterocycles. The molecule has 5 nitrogen and oxygen atoms in total. The van der Waals surface area contributed by atoms with Gasteiger partial charge in [-0.1, -0.05) is 82.7 Å². The van der Waals surface area contributed by atoms with Gasteiger partial charge in [0, 0.05) is 6.42 Å². The van der Waals surface area contributed by atoms with Crippen molar-refractivity contribution in [2.45, 2.75) is 90.9 Å². The molecule has 6 heteroatoms. The number of Topliss-reactive ketones (excluding diaryl/α,β-unsaturated/α-hetero) is 1. The first-order valence-corrected chi connectivity index (χ1v) is 10.8. The van der Waals surface area contributed by atoms with E-state index >= 15 is 0 Å². The fraction of sp³-hybridized carbons (Fsp3) is 0.636. The van der Waals surface area contributed by atoms with E-state index < -0.39 is 11.5 Å². The van der Waals surface area contributed by atoms with E-state index in [1.54, 1.807) is 0 Å². The van der Waals surface area contributed by atoms with Crippen LogP contribution in [0.5, 0.6) is 11.5 Å². The summed E-state index contributed by atoms with van der Waals surface area (Å²) < 4.78 is 0. The maximum atomic E-state index is 12.1. The first kappa shape index (κ1) is 24.3. The number of halogens is 1. The molecule has 0 bridgehead atoms.